The molecule has 4 heterocycles. The van der Waals surface area contributed by atoms with Gasteiger partial charge in [0.25, 0.3) is 0 Å². The highest BCUT2D eigenvalue weighted by Crippen LogP contribution is 2.49. The number of likely N-dealkylation sites (tertiary alicyclic amines) is 1. The molecule has 1 saturated carbocycles. The molecule has 4 fully saturated rings. The van der Waals surface area contributed by atoms with Crippen molar-refractivity contribution in [3.05, 3.63) is 23.5 Å². The fourth-order valence-corrected chi connectivity index (χ4v) is 6.47. The maximum absolute atomic E-state index is 15.3. The second-order valence-electron chi connectivity index (χ2n) is 10.4. The van der Waals surface area contributed by atoms with E-state index in [1.807, 2.05) is 13.1 Å². The van der Waals surface area contributed by atoms with Crippen LogP contribution < -0.4 is 15.5 Å². The van der Waals surface area contributed by atoms with E-state index in [0.29, 0.717) is 22.7 Å². The molecule has 0 bridgehead atoms. The Morgan fingerprint density at radius 3 is 2.64 bits per heavy atom. The lowest BCUT2D eigenvalue weighted by Gasteiger charge is -2.51. The molecule has 1 aromatic heterocycles. The summed E-state index contributed by atoms with van der Waals surface area (Å²) >= 11 is 0. The summed E-state index contributed by atoms with van der Waals surface area (Å²) in [4.78, 5) is 27.8. The quantitative estimate of drug-likeness (QED) is 0.745. The maximum Gasteiger partial charge on any atom is 0.329 e. The second-order valence-corrected chi connectivity index (χ2v) is 10.4. The van der Waals surface area contributed by atoms with Gasteiger partial charge in [-0.1, -0.05) is 0 Å². The molecule has 3 aliphatic heterocycles. The van der Waals surface area contributed by atoms with Crippen molar-refractivity contribution in [3.8, 4) is 0 Å². The van der Waals surface area contributed by atoms with E-state index >= 15 is 4.39 Å². The number of benzene rings is 1. The normalized spacial score (nSPS) is 29.2. The highest BCUT2D eigenvalue weighted by atomic mass is 19.1. The number of amides is 3. The lowest BCUT2D eigenvalue weighted by molar-refractivity contribution is -0.120. The first kappa shape index (κ1) is 21.0. The lowest BCUT2D eigenvalue weighted by atomic mass is 9.64. The van der Waals surface area contributed by atoms with E-state index in [4.69, 9.17) is 0 Å². The zero-order valence-electron chi connectivity index (χ0n) is 19.1. The van der Waals surface area contributed by atoms with Crippen LogP contribution in [0, 0.1) is 11.2 Å². The van der Waals surface area contributed by atoms with Crippen LogP contribution in [-0.4, -0.2) is 65.4 Å². The zero-order chi connectivity index (χ0) is 22.7. The molecule has 0 radical (unpaired) electrons. The summed E-state index contributed by atoms with van der Waals surface area (Å²) in [6.07, 6.45) is 6.06. The van der Waals surface area contributed by atoms with Gasteiger partial charge in [-0.05, 0) is 80.8 Å². The maximum atomic E-state index is 15.3. The van der Waals surface area contributed by atoms with Gasteiger partial charge in [0.05, 0.1) is 5.52 Å². The molecule has 2 aromatic rings. The third-order valence-electron chi connectivity index (χ3n) is 8.41. The molecular weight excluding hydrogens is 423 g/mol. The molecule has 3 saturated heterocycles. The van der Waals surface area contributed by atoms with Crippen LogP contribution in [0.25, 0.3) is 10.9 Å². The van der Waals surface area contributed by atoms with E-state index in [2.05, 4.69) is 20.6 Å². The Morgan fingerprint density at radius 1 is 1.15 bits per heavy atom. The number of piperidine rings is 1. The summed E-state index contributed by atoms with van der Waals surface area (Å²) in [5.74, 6) is 0.0665. The van der Waals surface area contributed by atoms with Gasteiger partial charge in [-0.25, -0.2) is 9.18 Å². The summed E-state index contributed by atoms with van der Waals surface area (Å²) in [5, 5.41) is 10.9. The van der Waals surface area contributed by atoms with Crippen LogP contribution in [0.1, 0.15) is 50.0 Å². The van der Waals surface area contributed by atoms with Gasteiger partial charge in [-0.2, -0.15) is 5.10 Å². The first-order chi connectivity index (χ1) is 15.9. The number of nitrogens with one attached hydrogen (secondary N) is 2. The van der Waals surface area contributed by atoms with Gasteiger partial charge in [-0.15, -0.1) is 0 Å². The van der Waals surface area contributed by atoms with E-state index in [0.717, 1.165) is 43.6 Å². The van der Waals surface area contributed by atoms with E-state index in [9.17, 15) is 9.59 Å². The molecule has 6 rings (SSSR count). The summed E-state index contributed by atoms with van der Waals surface area (Å²) in [6, 6.07) is 3.62. The van der Waals surface area contributed by atoms with Crippen LogP contribution >= 0.6 is 0 Å². The highest BCUT2D eigenvalue weighted by molar-refractivity contribution is 6.08. The van der Waals surface area contributed by atoms with Crippen molar-refractivity contribution in [2.24, 2.45) is 12.5 Å². The fraction of sp³-hybridized carbons (Fsp3) is 0.625. The minimum absolute atomic E-state index is 0.196. The summed E-state index contributed by atoms with van der Waals surface area (Å²) in [7, 11) is 1.81. The first-order valence-electron chi connectivity index (χ1n) is 12.1. The molecule has 3 amide bonds. The number of aromatic nitrogens is 2. The van der Waals surface area contributed by atoms with E-state index in [-0.39, 0.29) is 30.6 Å². The standard InChI is InChI=1S/C24H31FN6O2/c1-29-20-11-17(15-2-7-30(8-3-15)16-12-24(13-16)5-6-26-14-24)19(25)10-18(20)22(28-29)31-9-4-21(32)27-23(31)33/h10-11,15-16,26H,2-9,12-14H2,1H3,(H,27,32,33). The molecule has 8 nitrogen and oxygen atoms in total. The van der Waals surface area contributed by atoms with Gasteiger partial charge < -0.3 is 10.2 Å². The van der Waals surface area contributed by atoms with Crippen LogP contribution in [0.5, 0.6) is 0 Å². The van der Waals surface area contributed by atoms with Gasteiger partial charge in [-0.3, -0.25) is 19.7 Å². The Hall–Kier alpha value is -2.52. The molecule has 1 aromatic carbocycles. The van der Waals surface area contributed by atoms with Gasteiger partial charge in [0, 0.05) is 38.0 Å². The molecule has 0 atom stereocenters. The predicted molar refractivity (Wildman–Crippen MR) is 123 cm³/mol. The van der Waals surface area contributed by atoms with Crippen molar-refractivity contribution in [1.82, 2.24) is 25.3 Å². The number of carbonyl (C=O) groups is 2. The molecule has 4 aliphatic rings. The largest absolute Gasteiger partial charge is 0.329 e. The molecule has 33 heavy (non-hydrogen) atoms. The zero-order valence-corrected chi connectivity index (χ0v) is 19.1. The number of hydrogen-bond donors (Lipinski definition) is 2. The Kier molecular flexibility index (Phi) is 4.95. The number of nitrogens with zero attached hydrogens (tertiary/aromatic N) is 4. The number of hydrogen-bond acceptors (Lipinski definition) is 5. The molecule has 2 N–H and O–H groups in total. The van der Waals surface area contributed by atoms with Crippen molar-refractivity contribution >= 4 is 28.7 Å². The smallest absolute Gasteiger partial charge is 0.316 e. The van der Waals surface area contributed by atoms with Gasteiger partial charge in [0.1, 0.15) is 5.82 Å². The number of fused-ring (bicyclic) bond motifs is 1. The summed E-state index contributed by atoms with van der Waals surface area (Å²) < 4.78 is 17.0. The van der Waals surface area contributed by atoms with E-state index in [1.165, 1.54) is 36.8 Å². The average molecular weight is 455 g/mol. The van der Waals surface area contributed by atoms with Crippen LogP contribution in [0.2, 0.25) is 0 Å². The number of halogens is 1. The number of imide groups is 1. The number of rotatable bonds is 3. The Bertz CT molecular complexity index is 1110. The molecule has 9 heteroatoms. The average Bonchev–Trinajstić information content (AvgIpc) is 3.38. The Morgan fingerprint density at radius 2 is 1.94 bits per heavy atom. The van der Waals surface area contributed by atoms with Crippen molar-refractivity contribution in [1.29, 1.82) is 0 Å². The van der Waals surface area contributed by atoms with Crippen LogP contribution in [0.15, 0.2) is 12.1 Å². The number of anilines is 1. The van der Waals surface area contributed by atoms with Crippen molar-refractivity contribution < 1.29 is 14.0 Å². The van der Waals surface area contributed by atoms with Crippen LogP contribution in [-0.2, 0) is 11.8 Å². The molecule has 0 unspecified atom stereocenters. The van der Waals surface area contributed by atoms with Crippen LogP contribution in [0.4, 0.5) is 15.0 Å². The Labute approximate surface area is 192 Å². The van der Waals surface area contributed by atoms with E-state index < -0.39 is 6.03 Å². The lowest BCUT2D eigenvalue weighted by Crippen LogP contribution is -2.53. The third kappa shape index (κ3) is 3.52. The van der Waals surface area contributed by atoms with E-state index in [1.54, 1.807) is 4.68 Å². The highest BCUT2D eigenvalue weighted by Gasteiger charge is 2.48. The first-order valence-corrected chi connectivity index (χ1v) is 12.1. The second kappa shape index (κ2) is 7.77. The number of urea groups is 1. The van der Waals surface area contributed by atoms with Crippen LogP contribution in [0.3, 0.4) is 0 Å². The van der Waals surface area contributed by atoms with Gasteiger partial charge in [0.2, 0.25) is 5.91 Å². The Balaban J connectivity index is 1.18. The monoisotopic (exact) mass is 454 g/mol. The van der Waals surface area contributed by atoms with Gasteiger partial charge >= 0.3 is 6.03 Å². The third-order valence-corrected chi connectivity index (χ3v) is 8.41. The fourth-order valence-electron chi connectivity index (χ4n) is 6.47. The number of carbonyl (C=O) groups excluding carboxylic acids is 2. The minimum Gasteiger partial charge on any atom is -0.316 e. The molecule has 1 spiro atoms. The molecular formula is C24H31FN6O2. The van der Waals surface area contributed by atoms with Crippen molar-refractivity contribution in [2.45, 2.75) is 50.5 Å². The topological polar surface area (TPSA) is 82.5 Å². The molecule has 176 valence electrons. The van der Waals surface area contributed by atoms with Gasteiger partial charge in [0.15, 0.2) is 5.82 Å². The summed E-state index contributed by atoms with van der Waals surface area (Å²) in [6.45, 7) is 4.63. The van der Waals surface area contributed by atoms with Crippen molar-refractivity contribution in [3.63, 3.8) is 0 Å². The number of aryl methyl sites for hydroxylation is 1. The molecule has 1 aliphatic carbocycles. The SMILES string of the molecule is Cn1nc(N2CCC(=O)NC2=O)c2cc(F)c(C3CCN(C4CC5(CCNC5)C4)CC3)cc21. The van der Waals surface area contributed by atoms with Crippen molar-refractivity contribution in [2.75, 3.05) is 37.6 Å². The minimum atomic E-state index is -0.505. The predicted octanol–water partition coefficient (Wildman–Crippen LogP) is 2.48. The summed E-state index contributed by atoms with van der Waals surface area (Å²) in [5.41, 5.74) is 2.11.